The summed E-state index contributed by atoms with van der Waals surface area (Å²) >= 11 is 0. The molecular formula is C30H37N2O2+. The molecule has 0 aromatic heterocycles. The van der Waals surface area contributed by atoms with Gasteiger partial charge in [0.2, 0.25) is 5.91 Å². The number of rotatable bonds is 8. The topological polar surface area (TPSA) is 46.5 Å². The van der Waals surface area contributed by atoms with E-state index in [1.807, 2.05) is 37.2 Å². The predicted octanol–water partition coefficient (Wildman–Crippen LogP) is 6.19. The lowest BCUT2D eigenvalue weighted by Crippen LogP contribution is -2.36. The third-order valence-corrected chi connectivity index (χ3v) is 6.93. The van der Waals surface area contributed by atoms with Gasteiger partial charge in [0.25, 0.3) is 5.75 Å². The first kappa shape index (κ1) is 23.9. The van der Waals surface area contributed by atoms with Crippen LogP contribution in [0.2, 0.25) is 0 Å². The van der Waals surface area contributed by atoms with Crippen molar-refractivity contribution in [3.63, 3.8) is 0 Å². The van der Waals surface area contributed by atoms with Crippen LogP contribution in [0.5, 0.6) is 5.75 Å². The second-order valence-corrected chi connectivity index (χ2v) is 9.57. The highest BCUT2D eigenvalue weighted by Crippen LogP contribution is 2.38. The van der Waals surface area contributed by atoms with Gasteiger partial charge >= 0.3 is 0 Å². The summed E-state index contributed by atoms with van der Waals surface area (Å²) in [6.07, 6.45) is 6.08. The Morgan fingerprint density at radius 1 is 0.941 bits per heavy atom. The van der Waals surface area contributed by atoms with Crippen LogP contribution in [0.1, 0.15) is 60.8 Å². The summed E-state index contributed by atoms with van der Waals surface area (Å²) in [5.74, 6) is 0.487. The molecule has 0 saturated carbocycles. The molecule has 1 amide bonds. The van der Waals surface area contributed by atoms with E-state index >= 15 is 0 Å². The highest BCUT2D eigenvalue weighted by Gasteiger charge is 2.32. The van der Waals surface area contributed by atoms with Crippen molar-refractivity contribution in [3.8, 4) is 5.75 Å². The zero-order chi connectivity index (χ0) is 24.1. The van der Waals surface area contributed by atoms with Crippen molar-refractivity contribution < 1.29 is 9.90 Å². The van der Waals surface area contributed by atoms with E-state index in [9.17, 15) is 4.79 Å². The maximum absolute atomic E-state index is 14.1. The van der Waals surface area contributed by atoms with Crippen LogP contribution >= 0.6 is 0 Å². The maximum Gasteiger partial charge on any atom is 0.257 e. The molecule has 0 heterocycles. The molecule has 0 aliphatic heterocycles. The van der Waals surface area contributed by atoms with Gasteiger partial charge in [0.15, 0.2) is 0 Å². The minimum atomic E-state index is -0.199. The average molecular weight is 458 g/mol. The summed E-state index contributed by atoms with van der Waals surface area (Å²) in [6, 6.07) is 22.8. The van der Waals surface area contributed by atoms with Crippen molar-refractivity contribution in [1.29, 1.82) is 0 Å². The van der Waals surface area contributed by atoms with Crippen LogP contribution in [-0.2, 0) is 24.2 Å². The zero-order valence-corrected chi connectivity index (χ0v) is 20.7. The van der Waals surface area contributed by atoms with Crippen LogP contribution in [0.4, 0.5) is 11.4 Å². The highest BCUT2D eigenvalue weighted by molar-refractivity contribution is 5.98. The number of fused-ring (bicyclic) bond motifs is 1. The van der Waals surface area contributed by atoms with E-state index in [1.54, 1.807) is 0 Å². The van der Waals surface area contributed by atoms with Gasteiger partial charge in [0.05, 0.1) is 18.0 Å². The first-order valence-electron chi connectivity index (χ1n) is 12.5. The second kappa shape index (κ2) is 10.8. The van der Waals surface area contributed by atoms with Crippen molar-refractivity contribution in [1.82, 2.24) is 0 Å². The molecule has 4 nitrogen and oxygen atoms in total. The molecular weight excluding hydrogens is 420 g/mol. The van der Waals surface area contributed by atoms with E-state index in [4.69, 9.17) is 5.11 Å². The molecule has 1 aliphatic rings. The molecule has 3 aromatic rings. The fourth-order valence-electron chi connectivity index (χ4n) is 4.90. The first-order valence-corrected chi connectivity index (χ1v) is 12.5. The third-order valence-electron chi connectivity index (χ3n) is 6.93. The fourth-order valence-corrected chi connectivity index (χ4v) is 4.90. The Balaban J connectivity index is 1.66. The standard InChI is InChI=1S/C30H36N2O2/c1-4-5-8-22-13-19-25(20-14-22)32(21-23-15-17-24(18-16-23)31(2)3)30(34)28-11-6-10-27-26(28)9-7-12-29(27)33/h7,9,12-20,28,33H,4-6,8,10-11,21H2,1-3H3/p+1. The maximum atomic E-state index is 14.1. The van der Waals surface area contributed by atoms with Crippen molar-refractivity contribution in [2.45, 2.75) is 57.9 Å². The second-order valence-electron chi connectivity index (χ2n) is 9.57. The SMILES string of the molecule is CCCCc1ccc(N(Cc2ccc(N(C)C)cc2)C(=O)C2CCCc3c([OH2+])cccc32)cc1. The van der Waals surface area contributed by atoms with Gasteiger partial charge in [-0.05, 0) is 73.1 Å². The molecule has 34 heavy (non-hydrogen) atoms. The smallest absolute Gasteiger partial charge is 0.257 e. The van der Waals surface area contributed by atoms with Crippen LogP contribution in [0.15, 0.2) is 66.7 Å². The lowest BCUT2D eigenvalue weighted by Gasteiger charge is -2.31. The Morgan fingerprint density at radius 2 is 1.62 bits per heavy atom. The molecule has 0 radical (unpaired) electrons. The molecule has 0 spiro atoms. The minimum absolute atomic E-state index is 0.129. The van der Waals surface area contributed by atoms with Crippen molar-refractivity contribution in [3.05, 3.63) is 89.0 Å². The van der Waals surface area contributed by atoms with Crippen LogP contribution in [0.3, 0.4) is 0 Å². The number of aryl methyl sites for hydroxylation is 1. The Kier molecular flexibility index (Phi) is 7.56. The van der Waals surface area contributed by atoms with E-state index < -0.39 is 0 Å². The van der Waals surface area contributed by atoms with E-state index in [0.29, 0.717) is 12.3 Å². The van der Waals surface area contributed by atoms with Gasteiger partial charge in [-0.15, -0.1) is 0 Å². The van der Waals surface area contributed by atoms with E-state index in [-0.39, 0.29) is 11.8 Å². The Bertz CT molecular complexity index is 1100. The number of unbranched alkanes of at least 4 members (excludes halogenated alkanes) is 1. The van der Waals surface area contributed by atoms with Gasteiger partial charge in [0, 0.05) is 31.5 Å². The largest absolute Gasteiger partial charge is 0.593 e. The molecule has 178 valence electrons. The number of benzene rings is 3. The molecule has 4 rings (SSSR count). The van der Waals surface area contributed by atoms with Crippen molar-refractivity contribution in [2.24, 2.45) is 0 Å². The molecule has 4 heteroatoms. The molecule has 1 unspecified atom stereocenters. The number of carbonyl (C=O) groups excluding carboxylic acids is 1. The molecule has 0 saturated heterocycles. The third kappa shape index (κ3) is 5.27. The fraction of sp³-hybridized carbons (Fsp3) is 0.367. The summed E-state index contributed by atoms with van der Waals surface area (Å²) in [7, 11) is 4.07. The number of amides is 1. The van der Waals surface area contributed by atoms with E-state index in [2.05, 4.69) is 60.4 Å². The molecule has 1 atom stereocenters. The molecule has 0 bridgehead atoms. The average Bonchev–Trinajstić information content (AvgIpc) is 2.86. The van der Waals surface area contributed by atoms with Crippen molar-refractivity contribution >= 4 is 17.3 Å². The summed E-state index contributed by atoms with van der Waals surface area (Å²) in [6.45, 7) is 2.74. The van der Waals surface area contributed by atoms with Gasteiger partial charge in [-0.1, -0.05) is 49.7 Å². The normalized spacial score (nSPS) is 15.0. The van der Waals surface area contributed by atoms with Gasteiger partial charge in [-0.25, -0.2) is 0 Å². The number of nitrogens with zero attached hydrogens (tertiary/aromatic N) is 2. The van der Waals surface area contributed by atoms with Gasteiger partial charge in [-0.3, -0.25) is 4.79 Å². The molecule has 0 fully saturated rings. The summed E-state index contributed by atoms with van der Waals surface area (Å²) < 4.78 is 0. The lowest BCUT2D eigenvalue weighted by atomic mass is 9.81. The summed E-state index contributed by atoms with van der Waals surface area (Å²) in [4.78, 5) is 18.1. The highest BCUT2D eigenvalue weighted by atomic mass is 16.3. The monoisotopic (exact) mass is 457 g/mol. The Morgan fingerprint density at radius 3 is 2.29 bits per heavy atom. The van der Waals surface area contributed by atoms with Crippen LogP contribution < -0.4 is 9.80 Å². The van der Waals surface area contributed by atoms with Gasteiger partial charge in [-0.2, -0.15) is 0 Å². The summed E-state index contributed by atoms with van der Waals surface area (Å²) in [5.41, 5.74) is 6.59. The number of hydrogen-bond acceptors (Lipinski definition) is 2. The number of anilines is 2. The number of hydrogen-bond donors (Lipinski definition) is 0. The van der Waals surface area contributed by atoms with Gasteiger partial charge < -0.3 is 14.9 Å². The lowest BCUT2D eigenvalue weighted by molar-refractivity contribution is -0.120. The van der Waals surface area contributed by atoms with Crippen LogP contribution in [0, 0.1) is 0 Å². The quantitative estimate of drug-likeness (QED) is 0.379. The predicted molar refractivity (Wildman–Crippen MR) is 142 cm³/mol. The van der Waals surface area contributed by atoms with Crippen molar-refractivity contribution in [2.75, 3.05) is 23.9 Å². The van der Waals surface area contributed by atoms with E-state index in [0.717, 1.165) is 53.7 Å². The molecule has 3 aromatic carbocycles. The zero-order valence-electron chi connectivity index (χ0n) is 20.7. The molecule has 2 N–H and O–H groups in total. The van der Waals surface area contributed by atoms with E-state index in [1.165, 1.54) is 18.4 Å². The van der Waals surface area contributed by atoms with Gasteiger partial charge in [0.1, 0.15) is 0 Å². The van der Waals surface area contributed by atoms with Crippen LogP contribution in [0.25, 0.3) is 0 Å². The Hall–Kier alpha value is -3.27. The minimum Gasteiger partial charge on any atom is -0.593 e. The van der Waals surface area contributed by atoms with Crippen LogP contribution in [-0.4, -0.2) is 25.1 Å². The number of carbonyl (C=O) groups is 1. The Labute approximate surface area is 203 Å². The first-order chi connectivity index (χ1) is 16.5. The molecule has 1 aliphatic carbocycles. The summed E-state index contributed by atoms with van der Waals surface area (Å²) in [5, 5.41) is 8.34.